The van der Waals surface area contributed by atoms with Gasteiger partial charge in [-0.15, -0.1) is 11.6 Å². The number of alkyl halides is 7. The fourth-order valence-corrected chi connectivity index (χ4v) is 5.94. The lowest BCUT2D eigenvalue weighted by molar-refractivity contribution is -0.288. The van der Waals surface area contributed by atoms with Gasteiger partial charge in [-0.2, -0.15) is 36.9 Å². The van der Waals surface area contributed by atoms with Gasteiger partial charge in [-0.1, -0.05) is 74.0 Å². The Hall–Kier alpha value is -4.38. The Labute approximate surface area is 284 Å². The molecule has 4 rings (SSSR count). The summed E-state index contributed by atoms with van der Waals surface area (Å²) in [6.07, 6.45) is -10.9. The first kappa shape index (κ1) is 36.5. The minimum absolute atomic E-state index is 0.0215. The molecule has 0 aliphatic rings. The van der Waals surface area contributed by atoms with Gasteiger partial charge in [0.2, 0.25) is 5.41 Å². The maximum Gasteiger partial charge on any atom is 0.411 e. The van der Waals surface area contributed by atoms with E-state index in [1.54, 1.807) is 38.1 Å². The van der Waals surface area contributed by atoms with Gasteiger partial charge in [0.05, 0.1) is 21.5 Å². The summed E-state index contributed by atoms with van der Waals surface area (Å²) in [6, 6.07) is 20.3. The molecule has 4 aromatic rings. The van der Waals surface area contributed by atoms with Gasteiger partial charge in [0, 0.05) is 5.56 Å². The Morgan fingerprint density at radius 2 is 1.25 bits per heavy atom. The lowest BCUT2D eigenvalue weighted by Crippen LogP contribution is -2.54. The van der Waals surface area contributed by atoms with E-state index in [0.717, 1.165) is 36.4 Å². The smallest absolute Gasteiger partial charge is 0.411 e. The molecule has 0 radical (unpaired) electrons. The van der Waals surface area contributed by atoms with E-state index in [9.17, 15) is 36.9 Å². The maximum atomic E-state index is 14.8. The molecule has 0 fully saturated rings. The quantitative estimate of drug-likeness (QED) is 0.122. The van der Waals surface area contributed by atoms with Crippen LogP contribution in [-0.4, -0.2) is 12.4 Å². The minimum Gasteiger partial charge on any atom is -0.483 e. The SMILES string of the molecule is CCC(Cl)c1cccc(Oc2ccc(C(c3ccc(OC(C)(CC)c4cccc(Cl)c4C#N)cc3)(C(F)(F)F)C(F)(F)F)cc2)c1C#N. The third-order valence-electron chi connectivity index (χ3n) is 8.23. The fourth-order valence-electron chi connectivity index (χ4n) is 5.54. The first-order valence-electron chi connectivity index (χ1n) is 14.7. The molecule has 0 aromatic heterocycles. The highest BCUT2D eigenvalue weighted by molar-refractivity contribution is 6.31. The summed E-state index contributed by atoms with van der Waals surface area (Å²) in [5.41, 5.74) is -6.66. The molecule has 12 heteroatoms. The number of ether oxygens (including phenoxy) is 2. The number of nitrogens with zero attached hydrogens (tertiary/aromatic N) is 2. The molecule has 0 bridgehead atoms. The summed E-state index contributed by atoms with van der Waals surface area (Å²) in [4.78, 5) is 0. The van der Waals surface area contributed by atoms with Gasteiger partial charge in [0.25, 0.3) is 0 Å². The molecular formula is C36H28Cl2F6N2O2. The molecule has 0 aliphatic carbocycles. The topological polar surface area (TPSA) is 66.0 Å². The number of benzene rings is 4. The van der Waals surface area contributed by atoms with Gasteiger partial charge in [0.1, 0.15) is 35.0 Å². The number of hydrogen-bond donors (Lipinski definition) is 0. The van der Waals surface area contributed by atoms with Crippen molar-refractivity contribution in [2.45, 2.75) is 62.4 Å². The molecule has 2 unspecified atom stereocenters. The van der Waals surface area contributed by atoms with Crippen molar-refractivity contribution in [3.05, 3.63) is 123 Å². The average Bonchev–Trinajstić information content (AvgIpc) is 3.04. The number of nitriles is 2. The van der Waals surface area contributed by atoms with E-state index < -0.39 is 39.9 Å². The van der Waals surface area contributed by atoms with E-state index in [1.807, 2.05) is 19.1 Å². The van der Waals surface area contributed by atoms with Gasteiger partial charge in [-0.05, 0) is 72.9 Å². The zero-order chi connectivity index (χ0) is 35.5. The highest BCUT2D eigenvalue weighted by Crippen LogP contribution is 2.56. The Morgan fingerprint density at radius 1 is 0.729 bits per heavy atom. The van der Waals surface area contributed by atoms with E-state index >= 15 is 0 Å². The van der Waals surface area contributed by atoms with Crippen LogP contribution < -0.4 is 9.47 Å². The molecule has 48 heavy (non-hydrogen) atoms. The van der Waals surface area contributed by atoms with Crippen molar-refractivity contribution in [1.29, 1.82) is 10.5 Å². The van der Waals surface area contributed by atoms with E-state index in [-0.39, 0.29) is 33.4 Å². The molecular weight excluding hydrogens is 677 g/mol. The number of hydrogen-bond acceptors (Lipinski definition) is 4. The summed E-state index contributed by atoms with van der Waals surface area (Å²) in [7, 11) is 0. The van der Waals surface area contributed by atoms with Gasteiger partial charge in [-0.25, -0.2) is 0 Å². The Bertz CT molecular complexity index is 1830. The largest absolute Gasteiger partial charge is 0.483 e. The van der Waals surface area contributed by atoms with Crippen LogP contribution >= 0.6 is 23.2 Å². The average molecular weight is 706 g/mol. The van der Waals surface area contributed by atoms with Crippen molar-refractivity contribution in [3.63, 3.8) is 0 Å². The standard InChI is InChI=1S/C36H28Cl2F6N2O2/c1-4-30(37)26-8-6-11-32(27(26)20-45)47-24-16-12-22(13-17-24)34(35(39,40)41,36(42,43)44)23-14-18-25(19-15-23)48-33(3,5-2)29-9-7-10-31(38)28(29)21-46/h6-19,30H,4-5H2,1-3H3. The zero-order valence-corrected chi connectivity index (χ0v) is 27.3. The first-order chi connectivity index (χ1) is 22.6. The second-order valence-corrected chi connectivity index (χ2v) is 12.0. The summed E-state index contributed by atoms with van der Waals surface area (Å²) < 4.78 is 101. The highest BCUT2D eigenvalue weighted by Gasteiger charge is 2.72. The van der Waals surface area contributed by atoms with Crippen LogP contribution in [0.1, 0.15) is 72.4 Å². The van der Waals surface area contributed by atoms with Crippen LogP contribution in [-0.2, 0) is 11.0 Å². The van der Waals surface area contributed by atoms with Crippen LogP contribution in [0, 0.1) is 22.7 Å². The van der Waals surface area contributed by atoms with Crippen LogP contribution in [0.25, 0.3) is 0 Å². The van der Waals surface area contributed by atoms with E-state index in [2.05, 4.69) is 0 Å². The molecule has 0 spiro atoms. The van der Waals surface area contributed by atoms with E-state index in [4.69, 9.17) is 32.7 Å². The molecule has 2 atom stereocenters. The van der Waals surface area contributed by atoms with Crippen LogP contribution in [0.15, 0.2) is 84.9 Å². The number of halogens is 8. The van der Waals surface area contributed by atoms with Crippen LogP contribution in [0.4, 0.5) is 26.3 Å². The Morgan fingerprint density at radius 3 is 1.73 bits per heavy atom. The summed E-state index contributed by atoms with van der Waals surface area (Å²) in [5.74, 6) is -0.0607. The molecule has 0 heterocycles. The van der Waals surface area contributed by atoms with Crippen molar-refractivity contribution in [1.82, 2.24) is 0 Å². The summed E-state index contributed by atoms with van der Waals surface area (Å²) >= 11 is 12.5. The first-order valence-corrected chi connectivity index (χ1v) is 15.5. The second kappa shape index (κ2) is 14.0. The maximum absolute atomic E-state index is 14.8. The summed E-state index contributed by atoms with van der Waals surface area (Å²) in [5, 5.41) is 19.0. The molecule has 0 amide bonds. The third kappa shape index (κ3) is 6.65. The van der Waals surface area contributed by atoms with Gasteiger partial charge >= 0.3 is 12.4 Å². The lowest BCUT2D eigenvalue weighted by atomic mass is 9.73. The molecule has 0 saturated heterocycles. The normalized spacial score (nSPS) is 13.9. The molecule has 0 aliphatic heterocycles. The van der Waals surface area contributed by atoms with Crippen molar-refractivity contribution >= 4 is 23.2 Å². The van der Waals surface area contributed by atoms with Gasteiger partial charge in [0.15, 0.2) is 0 Å². The highest BCUT2D eigenvalue weighted by atomic mass is 35.5. The number of rotatable bonds is 10. The van der Waals surface area contributed by atoms with Crippen molar-refractivity contribution < 1.29 is 35.8 Å². The Balaban J connectivity index is 1.75. The predicted molar refractivity (Wildman–Crippen MR) is 170 cm³/mol. The van der Waals surface area contributed by atoms with Crippen LogP contribution in [0.5, 0.6) is 17.2 Å². The monoisotopic (exact) mass is 704 g/mol. The van der Waals surface area contributed by atoms with Gasteiger partial charge < -0.3 is 9.47 Å². The Kier molecular flexibility index (Phi) is 10.6. The molecule has 4 nitrogen and oxygen atoms in total. The van der Waals surface area contributed by atoms with Crippen LogP contribution in [0.3, 0.4) is 0 Å². The van der Waals surface area contributed by atoms with Crippen LogP contribution in [0.2, 0.25) is 5.02 Å². The zero-order valence-electron chi connectivity index (χ0n) is 25.8. The third-order valence-corrected chi connectivity index (χ3v) is 9.09. The van der Waals surface area contributed by atoms with Crippen molar-refractivity contribution in [3.8, 4) is 29.4 Å². The van der Waals surface area contributed by atoms with Gasteiger partial charge in [-0.3, -0.25) is 0 Å². The molecule has 4 aromatic carbocycles. The molecule has 0 saturated carbocycles. The van der Waals surface area contributed by atoms with Crippen molar-refractivity contribution in [2.24, 2.45) is 0 Å². The minimum atomic E-state index is -5.83. The predicted octanol–water partition coefficient (Wildman–Crippen LogP) is 11.7. The molecule has 0 N–H and O–H groups in total. The summed E-state index contributed by atoms with van der Waals surface area (Å²) in [6.45, 7) is 5.20. The van der Waals surface area contributed by atoms with Crippen molar-refractivity contribution in [2.75, 3.05) is 0 Å². The second-order valence-electron chi connectivity index (χ2n) is 11.1. The molecule has 250 valence electrons. The fraction of sp³-hybridized carbons (Fsp3) is 0.278. The van der Waals surface area contributed by atoms with E-state index in [0.29, 0.717) is 36.1 Å². The lowest BCUT2D eigenvalue weighted by Gasteiger charge is -2.38. The van der Waals surface area contributed by atoms with E-state index in [1.165, 1.54) is 12.1 Å².